The SMILES string of the molecule is Cc1cccc(C[C@@](CCC(N)=O)(NC(=O)c2ccc(-c3ccc4c(c3)OCO4)cc2)C(=O)O)c1. The van der Waals surface area contributed by atoms with Crippen molar-refractivity contribution < 1.29 is 29.0 Å². The molecule has 1 heterocycles. The largest absolute Gasteiger partial charge is 0.479 e. The Balaban J connectivity index is 1.57. The first kappa shape index (κ1) is 23.8. The van der Waals surface area contributed by atoms with Gasteiger partial charge >= 0.3 is 5.97 Å². The number of aliphatic carboxylic acids is 1. The summed E-state index contributed by atoms with van der Waals surface area (Å²) in [6.07, 6.45) is -0.299. The zero-order valence-corrected chi connectivity index (χ0v) is 19.2. The van der Waals surface area contributed by atoms with E-state index in [1.54, 1.807) is 30.3 Å². The van der Waals surface area contributed by atoms with E-state index >= 15 is 0 Å². The van der Waals surface area contributed by atoms with Crippen molar-refractivity contribution in [3.63, 3.8) is 0 Å². The van der Waals surface area contributed by atoms with Gasteiger partial charge in [-0.15, -0.1) is 0 Å². The Labute approximate surface area is 202 Å². The minimum Gasteiger partial charge on any atom is -0.479 e. The third-order valence-electron chi connectivity index (χ3n) is 6.00. The van der Waals surface area contributed by atoms with E-state index in [-0.39, 0.29) is 26.1 Å². The second-order valence-corrected chi connectivity index (χ2v) is 8.62. The molecule has 0 radical (unpaired) electrons. The van der Waals surface area contributed by atoms with Crippen LogP contribution in [0.2, 0.25) is 0 Å². The molecule has 0 aliphatic carbocycles. The van der Waals surface area contributed by atoms with Gasteiger partial charge in [0.1, 0.15) is 5.54 Å². The minimum atomic E-state index is -1.70. The van der Waals surface area contributed by atoms with Crippen LogP contribution in [0.3, 0.4) is 0 Å². The van der Waals surface area contributed by atoms with E-state index in [0.717, 1.165) is 22.3 Å². The highest BCUT2D eigenvalue weighted by molar-refractivity contribution is 5.98. The summed E-state index contributed by atoms with van der Waals surface area (Å²) in [6.45, 7) is 2.08. The maximum Gasteiger partial charge on any atom is 0.329 e. The van der Waals surface area contributed by atoms with Gasteiger partial charge in [0, 0.05) is 18.4 Å². The number of carbonyl (C=O) groups is 3. The van der Waals surface area contributed by atoms with E-state index in [2.05, 4.69) is 5.32 Å². The van der Waals surface area contributed by atoms with Crippen LogP contribution in [0.25, 0.3) is 11.1 Å². The predicted octanol–water partition coefficient (Wildman–Crippen LogP) is 3.45. The highest BCUT2D eigenvalue weighted by atomic mass is 16.7. The number of nitrogens with two attached hydrogens (primary N) is 1. The number of nitrogens with one attached hydrogen (secondary N) is 1. The fraction of sp³-hybridized carbons (Fsp3) is 0.222. The highest BCUT2D eigenvalue weighted by Gasteiger charge is 2.40. The van der Waals surface area contributed by atoms with Crippen molar-refractivity contribution in [1.82, 2.24) is 5.32 Å². The van der Waals surface area contributed by atoms with E-state index < -0.39 is 23.3 Å². The Bertz CT molecular complexity index is 1270. The number of carboxylic acid groups (broad SMARTS) is 1. The molecule has 0 bridgehead atoms. The van der Waals surface area contributed by atoms with Crippen molar-refractivity contribution in [2.45, 2.75) is 31.7 Å². The summed E-state index contributed by atoms with van der Waals surface area (Å²) in [6, 6.07) is 19.8. The topological polar surface area (TPSA) is 128 Å². The van der Waals surface area contributed by atoms with E-state index in [0.29, 0.717) is 17.1 Å². The van der Waals surface area contributed by atoms with Crippen LogP contribution in [-0.4, -0.2) is 35.2 Å². The maximum absolute atomic E-state index is 13.1. The quantitative estimate of drug-likeness (QED) is 0.436. The average Bonchev–Trinajstić information content (AvgIpc) is 3.30. The Morgan fingerprint density at radius 2 is 1.69 bits per heavy atom. The van der Waals surface area contributed by atoms with E-state index in [1.165, 1.54) is 0 Å². The highest BCUT2D eigenvalue weighted by Crippen LogP contribution is 2.36. The molecule has 0 fully saturated rings. The zero-order valence-electron chi connectivity index (χ0n) is 19.2. The van der Waals surface area contributed by atoms with Gasteiger partial charge in [0.15, 0.2) is 11.5 Å². The lowest BCUT2D eigenvalue weighted by Gasteiger charge is -2.31. The summed E-state index contributed by atoms with van der Waals surface area (Å²) in [5.74, 6) is -1.09. The summed E-state index contributed by atoms with van der Waals surface area (Å²) >= 11 is 0. The standard InChI is InChI=1S/C27H26N2O6/c1-17-3-2-4-18(13-17)15-27(26(32)33,12-11-24(28)30)29-25(31)20-7-5-19(6-8-20)21-9-10-22-23(14-21)35-16-34-22/h2-10,13-14H,11-12,15-16H2,1H3,(H2,28,30)(H,29,31)(H,32,33)/t27-/m1/s1. The molecule has 8 nitrogen and oxygen atoms in total. The Kier molecular flexibility index (Phi) is 6.73. The van der Waals surface area contributed by atoms with Crippen molar-refractivity contribution in [3.05, 3.63) is 83.4 Å². The van der Waals surface area contributed by atoms with Gasteiger partial charge in [-0.3, -0.25) is 9.59 Å². The molecular weight excluding hydrogens is 448 g/mol. The summed E-state index contributed by atoms with van der Waals surface area (Å²) in [5, 5.41) is 12.8. The molecule has 8 heteroatoms. The van der Waals surface area contributed by atoms with Gasteiger partial charge in [-0.05, 0) is 54.3 Å². The average molecular weight is 475 g/mol. The number of primary amides is 1. The van der Waals surface area contributed by atoms with Crippen LogP contribution in [0, 0.1) is 6.92 Å². The molecule has 1 aliphatic rings. The fourth-order valence-electron chi connectivity index (χ4n) is 4.12. The van der Waals surface area contributed by atoms with Gasteiger partial charge in [-0.1, -0.05) is 48.0 Å². The number of hydrogen-bond acceptors (Lipinski definition) is 5. The summed E-state index contributed by atoms with van der Waals surface area (Å²) in [4.78, 5) is 37.0. The molecule has 180 valence electrons. The first-order valence-corrected chi connectivity index (χ1v) is 11.2. The molecule has 0 saturated carbocycles. The van der Waals surface area contributed by atoms with Gasteiger partial charge < -0.3 is 25.6 Å². The third-order valence-corrected chi connectivity index (χ3v) is 6.00. The van der Waals surface area contributed by atoms with Crippen LogP contribution in [-0.2, 0) is 16.0 Å². The number of rotatable bonds is 9. The fourth-order valence-corrected chi connectivity index (χ4v) is 4.12. The van der Waals surface area contributed by atoms with Crippen LogP contribution >= 0.6 is 0 Å². The van der Waals surface area contributed by atoms with E-state index in [4.69, 9.17) is 15.2 Å². The van der Waals surface area contributed by atoms with Crippen LogP contribution in [0.1, 0.15) is 34.3 Å². The summed E-state index contributed by atoms with van der Waals surface area (Å²) < 4.78 is 10.8. The molecule has 1 aliphatic heterocycles. The molecule has 3 aromatic carbocycles. The van der Waals surface area contributed by atoms with Crippen molar-refractivity contribution in [2.24, 2.45) is 5.73 Å². The number of benzene rings is 3. The van der Waals surface area contributed by atoms with Gasteiger partial charge in [0.05, 0.1) is 0 Å². The van der Waals surface area contributed by atoms with Crippen LogP contribution in [0.15, 0.2) is 66.7 Å². The molecule has 1 atom stereocenters. The third kappa shape index (κ3) is 5.43. The Hall–Kier alpha value is -4.33. The van der Waals surface area contributed by atoms with Crippen molar-refractivity contribution in [3.8, 4) is 22.6 Å². The van der Waals surface area contributed by atoms with E-state index in [9.17, 15) is 19.5 Å². The van der Waals surface area contributed by atoms with Crippen molar-refractivity contribution in [1.29, 1.82) is 0 Å². The first-order chi connectivity index (χ1) is 16.8. The second kappa shape index (κ2) is 9.89. The molecule has 2 amide bonds. The maximum atomic E-state index is 13.1. The first-order valence-electron chi connectivity index (χ1n) is 11.2. The lowest BCUT2D eigenvalue weighted by atomic mass is 9.85. The lowest BCUT2D eigenvalue weighted by molar-refractivity contribution is -0.145. The number of carboxylic acids is 1. The monoisotopic (exact) mass is 474 g/mol. The number of fused-ring (bicyclic) bond motifs is 1. The molecule has 35 heavy (non-hydrogen) atoms. The van der Waals surface area contributed by atoms with Gasteiger partial charge in [0.2, 0.25) is 12.7 Å². The van der Waals surface area contributed by atoms with Crippen LogP contribution in [0.4, 0.5) is 0 Å². The van der Waals surface area contributed by atoms with Gasteiger partial charge in [-0.2, -0.15) is 0 Å². The van der Waals surface area contributed by atoms with Gasteiger partial charge in [0.25, 0.3) is 5.91 Å². The molecule has 0 spiro atoms. The predicted molar refractivity (Wildman–Crippen MR) is 129 cm³/mol. The van der Waals surface area contributed by atoms with Crippen LogP contribution < -0.4 is 20.5 Å². The molecule has 4 N–H and O–H groups in total. The van der Waals surface area contributed by atoms with Crippen LogP contribution in [0.5, 0.6) is 11.5 Å². The number of aryl methyl sites for hydroxylation is 1. The number of amides is 2. The second-order valence-electron chi connectivity index (χ2n) is 8.62. The summed E-state index contributed by atoms with van der Waals surface area (Å²) in [5.41, 5.74) is 7.34. The van der Waals surface area contributed by atoms with Gasteiger partial charge in [-0.25, -0.2) is 4.79 Å². The number of hydrogen-bond donors (Lipinski definition) is 3. The molecule has 0 unspecified atom stereocenters. The number of carbonyl (C=O) groups excluding carboxylic acids is 2. The van der Waals surface area contributed by atoms with Crippen molar-refractivity contribution >= 4 is 17.8 Å². The molecule has 0 saturated heterocycles. The number of ether oxygens (including phenoxy) is 2. The normalized spacial score (nSPS) is 13.6. The molecule has 4 rings (SSSR count). The molecule has 0 aromatic heterocycles. The zero-order chi connectivity index (χ0) is 25.0. The lowest BCUT2D eigenvalue weighted by Crippen LogP contribution is -2.56. The smallest absolute Gasteiger partial charge is 0.329 e. The Morgan fingerprint density at radius 3 is 2.37 bits per heavy atom. The summed E-state index contributed by atoms with van der Waals surface area (Å²) in [7, 11) is 0. The van der Waals surface area contributed by atoms with Crippen molar-refractivity contribution in [2.75, 3.05) is 6.79 Å². The minimum absolute atomic E-state index is 0.0122. The van der Waals surface area contributed by atoms with E-state index in [1.807, 2.05) is 43.3 Å². The molecular formula is C27H26N2O6. The Morgan fingerprint density at radius 1 is 0.971 bits per heavy atom. The molecule has 3 aromatic rings.